The smallest absolute Gasteiger partial charge is 0.657 e. The Kier molecular flexibility index (Phi) is 22.1. The minimum absolute atomic E-state index is 0. The molecular weight excluding hydrogens is 1580 g/mol. The van der Waals surface area contributed by atoms with Crippen molar-refractivity contribution in [2.75, 3.05) is 21.3 Å². The van der Waals surface area contributed by atoms with Gasteiger partial charge in [0, 0.05) is 69.5 Å². The summed E-state index contributed by atoms with van der Waals surface area (Å²) in [5.41, 5.74) is 22.5. The van der Waals surface area contributed by atoms with E-state index in [-0.39, 0.29) is 25.4 Å². The van der Waals surface area contributed by atoms with Gasteiger partial charge in [-0.3, -0.25) is 4.79 Å². The van der Waals surface area contributed by atoms with Crippen LogP contribution in [-0.2, 0) is 42.6 Å². The molecule has 125 heavy (non-hydrogen) atoms. The molecule has 12 heteroatoms. The van der Waals surface area contributed by atoms with E-state index in [1.807, 2.05) is 61.7 Å². The number of rotatable bonds is 23. The molecule has 0 saturated heterocycles. The molecular formula is C113H84N10OZn. The molecule has 8 bridgehead atoms. The number of hydrogen-bond donors (Lipinski definition) is 4. The van der Waals surface area contributed by atoms with Crippen LogP contribution in [0, 0.1) is 6.92 Å². The number of carbonyl (C=O) groups is 1. The number of para-hydroxylation sites is 4. The summed E-state index contributed by atoms with van der Waals surface area (Å²) in [7, 11) is 0. The van der Waals surface area contributed by atoms with Crippen LogP contribution in [0.3, 0.4) is 0 Å². The molecule has 11 nitrogen and oxygen atoms in total. The predicted octanol–water partition coefficient (Wildman–Crippen LogP) is 25.6. The Bertz CT molecular complexity index is 6700. The molecule has 0 saturated carbocycles. The van der Waals surface area contributed by atoms with Crippen molar-refractivity contribution in [3.63, 3.8) is 0 Å². The van der Waals surface area contributed by atoms with Gasteiger partial charge >= 0.3 is 19.5 Å². The van der Waals surface area contributed by atoms with Crippen LogP contribution < -0.4 is 31.2 Å². The number of imidazole rings is 1. The first-order chi connectivity index (χ1) is 61.3. The van der Waals surface area contributed by atoms with Crippen molar-refractivity contribution < 1.29 is 24.3 Å². The predicted molar refractivity (Wildman–Crippen MR) is 507 cm³/mol. The van der Waals surface area contributed by atoms with E-state index < -0.39 is 16.6 Å². The summed E-state index contributed by atoms with van der Waals surface area (Å²) < 4.78 is 2.07. The van der Waals surface area contributed by atoms with Gasteiger partial charge in [-0.15, -0.1) is 22.1 Å². The third-order valence-electron chi connectivity index (χ3n) is 23.9. The number of carbonyl (C=O) groups excluding carboxylic acids is 1. The molecule has 0 aliphatic carbocycles. The quantitative estimate of drug-likeness (QED) is 0.0364. The topological polar surface area (TPSA) is 137 Å². The number of hydrogen-bond acceptors (Lipinski definition) is 7. The zero-order valence-corrected chi connectivity index (χ0v) is 71.8. The summed E-state index contributed by atoms with van der Waals surface area (Å²) >= 11 is 0. The fourth-order valence-corrected chi connectivity index (χ4v) is 18.2. The number of nitrogens with one attached hydrogen (secondary N) is 4. The maximum Gasteiger partial charge on any atom is 2.00 e. The van der Waals surface area contributed by atoms with Gasteiger partial charge in [-0.1, -0.05) is 382 Å². The zero-order chi connectivity index (χ0) is 83.2. The molecule has 4 aromatic heterocycles. The molecule has 0 spiro atoms. The molecule has 20 rings (SSSR count). The van der Waals surface area contributed by atoms with E-state index in [2.05, 4.69) is 425 Å². The number of aryl methyl sites for hydroxylation is 1. The Labute approximate surface area is 740 Å². The van der Waals surface area contributed by atoms with Crippen molar-refractivity contribution >= 4 is 75.0 Å². The number of nitrogens with zero attached hydrogens (tertiary/aromatic N) is 6. The summed E-state index contributed by atoms with van der Waals surface area (Å²) in [5.74, 6) is 0.604. The number of fused-ring (bicyclic) bond motifs is 8. The molecule has 594 valence electrons. The Morgan fingerprint density at radius 3 is 0.832 bits per heavy atom. The number of aromatic nitrogens is 6. The van der Waals surface area contributed by atoms with Crippen LogP contribution in [0.25, 0.3) is 90.9 Å². The number of anilines is 4. The normalized spacial score (nSPS) is 11.8. The van der Waals surface area contributed by atoms with Crippen LogP contribution in [0.5, 0.6) is 0 Å². The molecule has 1 amide bonds. The molecule has 4 N–H and O–H groups in total. The first-order valence-corrected chi connectivity index (χ1v) is 41.9. The van der Waals surface area contributed by atoms with E-state index in [4.69, 9.17) is 19.9 Å². The Morgan fingerprint density at radius 2 is 0.560 bits per heavy atom. The first kappa shape index (κ1) is 79.2. The van der Waals surface area contributed by atoms with Crippen molar-refractivity contribution in [1.29, 1.82) is 0 Å². The monoisotopic (exact) mass is 1660 g/mol. The van der Waals surface area contributed by atoms with Crippen molar-refractivity contribution in [3.05, 3.63) is 521 Å². The molecule has 0 fully saturated rings. The molecule has 0 atom stereocenters. The van der Waals surface area contributed by atoms with Crippen LogP contribution in [0.15, 0.2) is 431 Å². The van der Waals surface area contributed by atoms with Gasteiger partial charge in [0.15, 0.2) is 0 Å². The van der Waals surface area contributed by atoms with Gasteiger partial charge in [-0.05, 0) is 146 Å². The third-order valence-corrected chi connectivity index (χ3v) is 23.9. The van der Waals surface area contributed by atoms with E-state index in [1.54, 1.807) is 6.20 Å². The van der Waals surface area contributed by atoms with E-state index >= 15 is 4.79 Å². The largest absolute Gasteiger partial charge is 2.00 e. The van der Waals surface area contributed by atoms with Gasteiger partial charge in [0.1, 0.15) is 22.4 Å². The van der Waals surface area contributed by atoms with Crippen LogP contribution in [0.1, 0.15) is 94.6 Å². The maximum atomic E-state index is 15.2. The van der Waals surface area contributed by atoms with Crippen molar-refractivity contribution in [1.82, 2.24) is 29.5 Å². The standard InChI is InChI=1S/C113H85N10O.Zn/c1-78-114-74-75-123(78)77-79-38-37-39-80(76-79)110(124)119-94-62-33-29-58-90(94)106-98-66-68-100(115-98)107(91-59-30-34-63-95(91)120-111(81-40-11-2-12-41-81,82-42-13-3-14-43-82)83-44-15-4-16-45-83)102-70-72-104(117-102)109(93-61-32-36-65-97(93)122-113(87-52-23-8-24-53-87,88-54-25-9-26-55-88)89-56-27-10-28-57-89)105-73-71-103(118-105)108(101-69-67-99(106)116-101)92-60-31-35-64-96(92)121-112(84-46-17-5-18-47-84,85-48-19-6-20-49-85)86-50-21-7-22-51-86;/h2-76H,77H2,1H3,(H5-,115,116,117,118,119,120,121,122,124);/q-1;+2/p-1. The van der Waals surface area contributed by atoms with Crippen LogP contribution in [0.2, 0.25) is 0 Å². The van der Waals surface area contributed by atoms with Gasteiger partial charge in [0.25, 0.3) is 5.91 Å². The molecule has 0 unspecified atom stereocenters. The third kappa shape index (κ3) is 15.1. The van der Waals surface area contributed by atoms with Gasteiger partial charge in [0.05, 0.1) is 22.8 Å². The fraction of sp³-hybridized carbons (Fsp3) is 0.0442. The summed E-state index contributed by atoms with van der Waals surface area (Å²) in [4.78, 5) is 43.8. The van der Waals surface area contributed by atoms with Crippen molar-refractivity contribution in [2.45, 2.75) is 30.1 Å². The fourth-order valence-electron chi connectivity index (χ4n) is 18.2. The summed E-state index contributed by atoms with van der Waals surface area (Å²) in [5, 5.41) is 16.4. The van der Waals surface area contributed by atoms with Gasteiger partial charge < -0.3 is 35.8 Å². The summed E-state index contributed by atoms with van der Waals surface area (Å²) in [6.07, 6.45) is 12.2. The Morgan fingerprint density at radius 1 is 0.304 bits per heavy atom. The zero-order valence-electron chi connectivity index (χ0n) is 68.8. The van der Waals surface area contributed by atoms with Gasteiger partial charge in [-0.2, -0.15) is 0 Å². The summed E-state index contributed by atoms with van der Waals surface area (Å²) in [6.45, 7) is 2.53. The molecule has 2 aliphatic rings. The molecule has 2 aliphatic heterocycles. The number of amides is 1. The Balaban J connectivity index is 0.0000102. The first-order valence-electron chi connectivity index (χ1n) is 41.9. The second-order valence-corrected chi connectivity index (χ2v) is 31.2. The van der Waals surface area contributed by atoms with Gasteiger partial charge in [-0.25, -0.2) is 15.0 Å². The average molecular weight is 1660 g/mol. The number of benzene rings is 14. The molecule has 14 aromatic carbocycles. The molecule has 6 heterocycles. The van der Waals surface area contributed by atoms with E-state index in [1.165, 1.54) is 0 Å². The van der Waals surface area contributed by atoms with Crippen LogP contribution >= 0.6 is 0 Å². The van der Waals surface area contributed by atoms with Crippen molar-refractivity contribution in [3.8, 4) is 44.5 Å². The minimum Gasteiger partial charge on any atom is -0.657 e. The Hall–Kier alpha value is -15.6. The molecule has 18 aromatic rings. The SMILES string of the molecule is Cc1nccn1Cc1cccc(C(=O)Nc2ccccc2-c2c3nc(c(-c4ccccc4NC(c4ccccc4)(c4ccccc4)c4ccccc4)c4ccc([n-]4)c(-c4ccccc4NC(c4ccccc4)(c4ccccc4)c4ccccc4)c4nc(c(-c5ccccc5NC(c5ccccc5)(c5ccccc5)c5ccccc5)c5ccc2[n-]5)C=C4)C=C3)c1.[Zn+2]. The van der Waals surface area contributed by atoms with E-state index in [9.17, 15) is 0 Å². The minimum atomic E-state index is -0.945. The van der Waals surface area contributed by atoms with E-state index in [0.717, 1.165) is 112 Å². The van der Waals surface area contributed by atoms with E-state index in [0.29, 0.717) is 73.8 Å². The van der Waals surface area contributed by atoms with Crippen LogP contribution in [0.4, 0.5) is 22.7 Å². The molecule has 0 radical (unpaired) electrons. The maximum absolute atomic E-state index is 15.2. The van der Waals surface area contributed by atoms with Crippen LogP contribution in [-0.4, -0.2) is 25.4 Å². The van der Waals surface area contributed by atoms with Gasteiger partial charge in [0.2, 0.25) is 0 Å². The summed E-state index contributed by atoms with van der Waals surface area (Å²) in [6, 6.07) is 146. The second-order valence-electron chi connectivity index (χ2n) is 31.2. The average Bonchev–Trinajstić information content (AvgIpc) is 1.72. The van der Waals surface area contributed by atoms with Crippen molar-refractivity contribution in [2.24, 2.45) is 0 Å². The second kappa shape index (κ2) is 34.8.